The molecule has 3 unspecified atom stereocenters. The lowest BCUT2D eigenvalue weighted by atomic mass is 9.80. The Bertz CT molecular complexity index is 419. The van der Waals surface area contributed by atoms with Crippen LogP contribution >= 0.6 is 11.6 Å². The van der Waals surface area contributed by atoms with E-state index in [9.17, 15) is 0 Å². The average molecular weight is 251 g/mol. The Hall–Kier alpha value is -0.730. The summed E-state index contributed by atoms with van der Waals surface area (Å²) in [4.78, 5) is 0. The number of hydrogen-bond donors (Lipinski definition) is 2. The predicted molar refractivity (Wildman–Crippen MR) is 72.4 cm³/mol. The summed E-state index contributed by atoms with van der Waals surface area (Å²) in [6.45, 7) is 0. The molecule has 1 aromatic rings. The largest absolute Gasteiger partial charge is 0.380 e. The van der Waals surface area contributed by atoms with Crippen LogP contribution in [0.15, 0.2) is 18.2 Å². The molecular formula is C14H19ClN2. The first kappa shape index (κ1) is 11.4. The molecule has 3 heteroatoms. The van der Waals surface area contributed by atoms with Crippen LogP contribution in [0.5, 0.6) is 0 Å². The van der Waals surface area contributed by atoms with Gasteiger partial charge in [0.15, 0.2) is 0 Å². The van der Waals surface area contributed by atoms with Gasteiger partial charge in [0.05, 0.1) is 10.7 Å². The summed E-state index contributed by atoms with van der Waals surface area (Å²) in [6.07, 6.45) is 6.42. The second kappa shape index (κ2) is 4.51. The summed E-state index contributed by atoms with van der Waals surface area (Å²) in [5, 5.41) is 4.43. The zero-order chi connectivity index (χ0) is 11.8. The first-order valence-electron chi connectivity index (χ1n) is 6.58. The maximum absolute atomic E-state index is 6.44. The van der Waals surface area contributed by atoms with Gasteiger partial charge in [-0.1, -0.05) is 43.0 Å². The Balaban J connectivity index is 2.00. The van der Waals surface area contributed by atoms with E-state index >= 15 is 0 Å². The fraction of sp³-hybridized carbons (Fsp3) is 0.571. The van der Waals surface area contributed by atoms with Crippen molar-refractivity contribution < 1.29 is 0 Å². The van der Waals surface area contributed by atoms with Crippen molar-refractivity contribution in [2.24, 2.45) is 11.7 Å². The number of nitrogens with one attached hydrogen (secondary N) is 1. The topological polar surface area (TPSA) is 38.0 Å². The molecule has 0 spiro atoms. The minimum Gasteiger partial charge on any atom is -0.380 e. The molecule has 1 fully saturated rings. The maximum Gasteiger partial charge on any atom is 0.0641 e. The van der Waals surface area contributed by atoms with Crippen LogP contribution in [0, 0.1) is 5.92 Å². The number of anilines is 1. The molecule has 0 aromatic heterocycles. The van der Waals surface area contributed by atoms with Crippen LogP contribution in [-0.2, 0) is 0 Å². The van der Waals surface area contributed by atoms with Crippen LogP contribution in [0.1, 0.15) is 43.7 Å². The second-order valence-electron chi connectivity index (χ2n) is 5.28. The van der Waals surface area contributed by atoms with Gasteiger partial charge in [-0.15, -0.1) is 0 Å². The number of rotatable bonds is 0. The standard InChI is InChI=1S/C14H19ClN2/c15-11-7-4-6-10-13(16)9-5-2-1-3-8-12(9)17-14(10)11/h4,6-7,9,12-13,17H,1-3,5,8,16H2. The Morgan fingerprint density at radius 1 is 1.18 bits per heavy atom. The van der Waals surface area contributed by atoms with Gasteiger partial charge in [-0.2, -0.15) is 0 Å². The summed E-state index contributed by atoms with van der Waals surface area (Å²) in [5.41, 5.74) is 8.71. The highest BCUT2D eigenvalue weighted by Gasteiger charge is 2.35. The van der Waals surface area contributed by atoms with Crippen LogP contribution in [0.2, 0.25) is 5.02 Å². The van der Waals surface area contributed by atoms with Gasteiger partial charge in [0.2, 0.25) is 0 Å². The predicted octanol–water partition coefficient (Wildman–Crippen LogP) is 3.71. The van der Waals surface area contributed by atoms with Crippen molar-refractivity contribution in [3.05, 3.63) is 28.8 Å². The molecular weight excluding hydrogens is 232 g/mol. The van der Waals surface area contributed by atoms with E-state index in [0.29, 0.717) is 12.0 Å². The third-order valence-electron chi connectivity index (χ3n) is 4.27. The number of para-hydroxylation sites is 1. The van der Waals surface area contributed by atoms with Crippen molar-refractivity contribution in [1.29, 1.82) is 0 Å². The Morgan fingerprint density at radius 2 is 2.00 bits per heavy atom. The van der Waals surface area contributed by atoms with Gasteiger partial charge in [0, 0.05) is 12.1 Å². The Labute approximate surface area is 108 Å². The van der Waals surface area contributed by atoms with Gasteiger partial charge in [0.1, 0.15) is 0 Å². The van der Waals surface area contributed by atoms with E-state index in [0.717, 1.165) is 10.7 Å². The third kappa shape index (κ3) is 1.94. The van der Waals surface area contributed by atoms with Crippen molar-refractivity contribution in [2.75, 3.05) is 5.32 Å². The van der Waals surface area contributed by atoms with E-state index < -0.39 is 0 Å². The summed E-state index contributed by atoms with van der Waals surface area (Å²) in [6, 6.07) is 6.71. The van der Waals surface area contributed by atoms with Crippen molar-refractivity contribution in [1.82, 2.24) is 0 Å². The number of fused-ring (bicyclic) bond motifs is 2. The average Bonchev–Trinajstić information content (AvgIpc) is 2.56. The molecule has 3 atom stereocenters. The molecule has 0 saturated heterocycles. The SMILES string of the molecule is NC1c2cccc(Cl)c2NC2CCCCCC21. The molecule has 2 nitrogen and oxygen atoms in total. The Kier molecular flexibility index (Phi) is 3.01. The maximum atomic E-state index is 6.44. The molecule has 2 aliphatic rings. The van der Waals surface area contributed by atoms with Gasteiger partial charge in [-0.3, -0.25) is 0 Å². The first-order valence-corrected chi connectivity index (χ1v) is 6.95. The second-order valence-corrected chi connectivity index (χ2v) is 5.69. The zero-order valence-electron chi connectivity index (χ0n) is 9.95. The number of hydrogen-bond acceptors (Lipinski definition) is 2. The molecule has 0 radical (unpaired) electrons. The van der Waals surface area contributed by atoms with E-state index in [4.69, 9.17) is 17.3 Å². The van der Waals surface area contributed by atoms with Gasteiger partial charge in [-0.05, 0) is 30.4 Å². The molecule has 1 saturated carbocycles. The lowest BCUT2D eigenvalue weighted by Crippen LogP contribution is -2.40. The molecule has 17 heavy (non-hydrogen) atoms. The van der Waals surface area contributed by atoms with Gasteiger partial charge >= 0.3 is 0 Å². The third-order valence-corrected chi connectivity index (χ3v) is 4.58. The lowest BCUT2D eigenvalue weighted by molar-refractivity contribution is 0.340. The monoisotopic (exact) mass is 250 g/mol. The highest BCUT2D eigenvalue weighted by atomic mass is 35.5. The van der Waals surface area contributed by atoms with Crippen molar-refractivity contribution in [3.8, 4) is 0 Å². The summed E-state index contributed by atoms with van der Waals surface area (Å²) in [7, 11) is 0. The van der Waals surface area contributed by atoms with Crippen LogP contribution in [0.4, 0.5) is 5.69 Å². The lowest BCUT2D eigenvalue weighted by Gasteiger charge is -2.38. The van der Waals surface area contributed by atoms with Crippen LogP contribution in [-0.4, -0.2) is 6.04 Å². The minimum absolute atomic E-state index is 0.146. The molecule has 1 aromatic carbocycles. The van der Waals surface area contributed by atoms with Crippen molar-refractivity contribution in [3.63, 3.8) is 0 Å². The van der Waals surface area contributed by atoms with E-state index in [1.54, 1.807) is 0 Å². The fourth-order valence-corrected chi connectivity index (χ4v) is 3.57. The van der Waals surface area contributed by atoms with Crippen LogP contribution in [0.3, 0.4) is 0 Å². The molecule has 0 bridgehead atoms. The first-order chi connectivity index (χ1) is 8.27. The highest BCUT2D eigenvalue weighted by Crippen LogP contribution is 2.43. The van der Waals surface area contributed by atoms with Gasteiger partial charge in [-0.25, -0.2) is 0 Å². The van der Waals surface area contributed by atoms with Crippen molar-refractivity contribution >= 4 is 17.3 Å². The van der Waals surface area contributed by atoms with E-state index in [-0.39, 0.29) is 6.04 Å². The smallest absolute Gasteiger partial charge is 0.0641 e. The summed E-state index contributed by atoms with van der Waals surface area (Å²) < 4.78 is 0. The van der Waals surface area contributed by atoms with Gasteiger partial charge < -0.3 is 11.1 Å². The van der Waals surface area contributed by atoms with Crippen LogP contribution in [0.25, 0.3) is 0 Å². The minimum atomic E-state index is 0.146. The van der Waals surface area contributed by atoms with E-state index in [2.05, 4.69) is 11.4 Å². The molecule has 92 valence electrons. The zero-order valence-corrected chi connectivity index (χ0v) is 10.7. The highest BCUT2D eigenvalue weighted by molar-refractivity contribution is 6.33. The summed E-state index contributed by atoms with van der Waals surface area (Å²) in [5.74, 6) is 0.573. The van der Waals surface area contributed by atoms with Crippen molar-refractivity contribution in [2.45, 2.75) is 44.2 Å². The summed E-state index contributed by atoms with van der Waals surface area (Å²) >= 11 is 6.26. The van der Waals surface area contributed by atoms with Gasteiger partial charge in [0.25, 0.3) is 0 Å². The van der Waals surface area contributed by atoms with E-state index in [1.165, 1.54) is 37.7 Å². The van der Waals surface area contributed by atoms with Crippen LogP contribution < -0.4 is 11.1 Å². The molecule has 3 rings (SSSR count). The number of benzene rings is 1. The molecule has 1 aliphatic carbocycles. The Morgan fingerprint density at radius 3 is 2.88 bits per heavy atom. The quantitative estimate of drug-likeness (QED) is 0.737. The number of halogens is 1. The fourth-order valence-electron chi connectivity index (χ4n) is 3.33. The molecule has 1 heterocycles. The molecule has 1 aliphatic heterocycles. The normalized spacial score (nSPS) is 32.0. The number of nitrogens with two attached hydrogens (primary N) is 1. The molecule has 3 N–H and O–H groups in total. The molecule has 0 amide bonds. The van der Waals surface area contributed by atoms with E-state index in [1.807, 2.05) is 12.1 Å².